The van der Waals surface area contributed by atoms with Crippen molar-refractivity contribution in [1.82, 2.24) is 0 Å². The molecule has 0 saturated heterocycles. The molecule has 10 heteroatoms. The lowest BCUT2D eigenvalue weighted by Gasteiger charge is -2.19. The summed E-state index contributed by atoms with van der Waals surface area (Å²) in [4.78, 5) is 35.1. The molecule has 418 valence electrons. The first-order chi connectivity index (χ1) is 36.3. The quantitative estimate of drug-likeness (QED) is 0.0264. The monoisotopic (exact) mass is 1050 g/mol. The minimum Gasteiger partial charge on any atom is -0.462 e. The highest BCUT2D eigenvalue weighted by Crippen LogP contribution is 2.43. The van der Waals surface area contributed by atoms with Crippen LogP contribution in [0.3, 0.4) is 0 Å². The number of rotatable bonds is 52. The largest absolute Gasteiger partial charge is 0.472 e. The minimum atomic E-state index is -4.40. The van der Waals surface area contributed by atoms with E-state index in [9.17, 15) is 19.0 Å². The molecule has 0 spiro atoms. The zero-order valence-corrected chi connectivity index (χ0v) is 47.4. The van der Waals surface area contributed by atoms with E-state index in [4.69, 9.17) is 24.3 Å². The number of unbranched alkanes of at least 4 members (excludes halogenated alkanes) is 15. The maximum Gasteiger partial charge on any atom is 0.472 e. The van der Waals surface area contributed by atoms with Gasteiger partial charge >= 0.3 is 19.8 Å². The van der Waals surface area contributed by atoms with Gasteiger partial charge in [0.2, 0.25) is 0 Å². The smallest absolute Gasteiger partial charge is 0.462 e. The molecule has 2 unspecified atom stereocenters. The Labute approximate surface area is 452 Å². The molecular weight excluding hydrogens is 942 g/mol. The van der Waals surface area contributed by atoms with E-state index < -0.39 is 32.5 Å². The van der Waals surface area contributed by atoms with Crippen molar-refractivity contribution in [2.45, 2.75) is 219 Å². The van der Waals surface area contributed by atoms with Gasteiger partial charge in [-0.15, -0.1) is 0 Å². The molecule has 0 rings (SSSR count). The molecule has 0 saturated carbocycles. The molecule has 0 aliphatic heterocycles. The summed E-state index contributed by atoms with van der Waals surface area (Å²) in [5.74, 6) is -0.887. The summed E-state index contributed by atoms with van der Waals surface area (Å²) in [5, 5.41) is 0. The van der Waals surface area contributed by atoms with E-state index in [0.717, 1.165) is 109 Å². The van der Waals surface area contributed by atoms with Crippen LogP contribution in [0.25, 0.3) is 0 Å². The fraction of sp³-hybridized carbons (Fsp3) is 0.594. The number of nitrogens with two attached hydrogens (primary N) is 1. The molecule has 0 radical (unpaired) electrons. The van der Waals surface area contributed by atoms with Gasteiger partial charge in [0, 0.05) is 19.4 Å². The van der Waals surface area contributed by atoms with Gasteiger partial charge in [-0.3, -0.25) is 18.6 Å². The average Bonchev–Trinajstić information content (AvgIpc) is 3.39. The van der Waals surface area contributed by atoms with E-state index in [0.29, 0.717) is 6.42 Å². The highest BCUT2D eigenvalue weighted by Gasteiger charge is 2.26. The molecule has 0 aromatic heterocycles. The van der Waals surface area contributed by atoms with Crippen molar-refractivity contribution < 1.29 is 37.6 Å². The molecule has 0 heterocycles. The van der Waals surface area contributed by atoms with Crippen molar-refractivity contribution in [2.75, 3.05) is 26.4 Å². The van der Waals surface area contributed by atoms with E-state index in [1.165, 1.54) is 70.6 Å². The molecule has 0 fully saturated rings. The van der Waals surface area contributed by atoms with E-state index in [-0.39, 0.29) is 32.6 Å². The van der Waals surface area contributed by atoms with E-state index >= 15 is 0 Å². The van der Waals surface area contributed by atoms with Gasteiger partial charge in [0.05, 0.1) is 13.2 Å². The highest BCUT2D eigenvalue weighted by atomic mass is 31.2. The molecule has 2 atom stereocenters. The third kappa shape index (κ3) is 57.2. The fourth-order valence-electron chi connectivity index (χ4n) is 7.26. The van der Waals surface area contributed by atoms with Crippen LogP contribution in [-0.4, -0.2) is 49.3 Å². The standard InChI is InChI=1S/C64H104NO8P/c1-3-5-7-9-11-13-15-17-19-20-21-22-23-24-25-26-27-28-29-30-31-32-33-34-35-36-37-38-39-40-41-42-43-45-47-49-51-53-55-57-64(67)73-62(61-72-74(68,69)71-59-58-65)60-70-63(66)56-54-52-50-48-46-44-18-16-14-12-10-8-6-4-2/h5,7,11,13,17,19,21-22,24-25,27-28,30-31,33-34,36-37,39-40,42-43,47,49,62H,3-4,6,8-10,12,14-16,18,20,23,26,29,32,35,38,41,44-46,48,50-61,65H2,1-2H3,(H,68,69)/b7-5-,13-11-,19-17-,22-21-,25-24-,28-27-,31-30-,34-33-,37-36-,40-39-,43-42-,49-47-. The van der Waals surface area contributed by atoms with Gasteiger partial charge in [-0.25, -0.2) is 4.57 Å². The first kappa shape index (κ1) is 69.9. The fourth-order valence-corrected chi connectivity index (χ4v) is 8.03. The van der Waals surface area contributed by atoms with Gasteiger partial charge < -0.3 is 20.1 Å². The topological polar surface area (TPSA) is 134 Å². The number of phosphoric ester groups is 1. The van der Waals surface area contributed by atoms with E-state index in [1.54, 1.807) is 0 Å². The number of carbonyl (C=O) groups excluding carboxylic acids is 2. The van der Waals surface area contributed by atoms with Crippen LogP contribution >= 0.6 is 7.82 Å². The highest BCUT2D eigenvalue weighted by molar-refractivity contribution is 7.47. The second-order valence-corrected chi connectivity index (χ2v) is 19.9. The van der Waals surface area contributed by atoms with Crippen LogP contribution in [-0.2, 0) is 32.7 Å². The Morgan fingerprint density at radius 2 is 0.743 bits per heavy atom. The van der Waals surface area contributed by atoms with Crippen LogP contribution in [0.5, 0.6) is 0 Å². The molecule has 0 aromatic carbocycles. The second kappa shape index (κ2) is 58.2. The molecule has 9 nitrogen and oxygen atoms in total. The third-order valence-corrected chi connectivity index (χ3v) is 12.5. The lowest BCUT2D eigenvalue weighted by molar-refractivity contribution is -0.161. The normalized spacial score (nSPS) is 14.2. The van der Waals surface area contributed by atoms with Crippen LogP contribution in [0.1, 0.15) is 213 Å². The van der Waals surface area contributed by atoms with Gasteiger partial charge in [0.15, 0.2) is 6.10 Å². The van der Waals surface area contributed by atoms with Gasteiger partial charge in [0.25, 0.3) is 0 Å². The first-order valence-electron chi connectivity index (χ1n) is 28.8. The number of carbonyl (C=O) groups is 2. The summed E-state index contributed by atoms with van der Waals surface area (Å²) in [6, 6.07) is 0. The van der Waals surface area contributed by atoms with Crippen molar-refractivity contribution >= 4 is 19.8 Å². The van der Waals surface area contributed by atoms with Crippen molar-refractivity contribution in [3.63, 3.8) is 0 Å². The molecule has 0 amide bonds. The SMILES string of the molecule is CC/C=C\C/C=C\C/C=C\C/C=C\C/C=C\C/C=C\C/C=C\C/C=C\C/C=C\C/C=C\C/C=C\C/C=C\CCCCC(=O)OC(COC(=O)CCCCCCCCCCCCCCCC)COP(=O)(O)OCCN. The first-order valence-corrected chi connectivity index (χ1v) is 30.3. The number of esters is 2. The zero-order chi connectivity index (χ0) is 53.8. The molecule has 0 aliphatic rings. The van der Waals surface area contributed by atoms with E-state index in [2.05, 4.69) is 160 Å². The molecule has 0 bridgehead atoms. The van der Waals surface area contributed by atoms with Crippen molar-refractivity contribution in [2.24, 2.45) is 5.73 Å². The zero-order valence-electron chi connectivity index (χ0n) is 46.5. The Hall–Kier alpha value is -4.11. The molecular formula is C64H104NO8P. The summed E-state index contributed by atoms with van der Waals surface area (Å²) >= 11 is 0. The molecule has 0 aliphatic carbocycles. The van der Waals surface area contributed by atoms with Crippen molar-refractivity contribution in [1.29, 1.82) is 0 Å². The van der Waals surface area contributed by atoms with Crippen LogP contribution in [0.2, 0.25) is 0 Å². The lowest BCUT2D eigenvalue weighted by atomic mass is 10.0. The predicted molar refractivity (Wildman–Crippen MR) is 316 cm³/mol. The van der Waals surface area contributed by atoms with Crippen LogP contribution < -0.4 is 5.73 Å². The summed E-state index contributed by atoms with van der Waals surface area (Å²) in [6.07, 6.45) is 83.4. The third-order valence-electron chi connectivity index (χ3n) is 11.5. The summed E-state index contributed by atoms with van der Waals surface area (Å²) in [5.41, 5.74) is 5.37. The van der Waals surface area contributed by atoms with Crippen molar-refractivity contribution in [3.8, 4) is 0 Å². The van der Waals surface area contributed by atoms with Crippen molar-refractivity contribution in [3.05, 3.63) is 146 Å². The maximum atomic E-state index is 12.7. The number of phosphoric acid groups is 1. The second-order valence-electron chi connectivity index (χ2n) is 18.4. The molecule has 0 aromatic rings. The summed E-state index contributed by atoms with van der Waals surface area (Å²) in [7, 11) is -4.40. The van der Waals surface area contributed by atoms with Gasteiger partial charge in [-0.1, -0.05) is 243 Å². The Balaban J connectivity index is 4.10. The van der Waals surface area contributed by atoms with Crippen LogP contribution in [0.4, 0.5) is 0 Å². The predicted octanol–water partition coefficient (Wildman–Crippen LogP) is 18.3. The number of hydrogen-bond acceptors (Lipinski definition) is 8. The van der Waals surface area contributed by atoms with Crippen LogP contribution in [0, 0.1) is 0 Å². The van der Waals surface area contributed by atoms with Gasteiger partial charge in [-0.2, -0.15) is 0 Å². The van der Waals surface area contributed by atoms with E-state index in [1.807, 2.05) is 0 Å². The summed E-state index contributed by atoms with van der Waals surface area (Å²) < 4.78 is 32.9. The summed E-state index contributed by atoms with van der Waals surface area (Å²) in [6.45, 7) is 3.56. The van der Waals surface area contributed by atoms with Crippen LogP contribution in [0.15, 0.2) is 146 Å². The Bertz CT molecular complexity index is 1710. The molecule has 3 N–H and O–H groups in total. The van der Waals surface area contributed by atoms with Gasteiger partial charge in [0.1, 0.15) is 6.61 Å². The maximum absolute atomic E-state index is 12.7. The Morgan fingerprint density at radius 1 is 0.419 bits per heavy atom. The number of hydrogen-bond donors (Lipinski definition) is 2. The number of allylic oxidation sites excluding steroid dienone is 24. The Morgan fingerprint density at radius 3 is 1.11 bits per heavy atom. The minimum absolute atomic E-state index is 0.0398. The Kier molecular flexibility index (Phi) is 54.9. The average molecular weight is 1050 g/mol. The molecule has 74 heavy (non-hydrogen) atoms. The van der Waals surface area contributed by atoms with Gasteiger partial charge in [-0.05, 0) is 103 Å². The number of ether oxygens (including phenoxy) is 2. The lowest BCUT2D eigenvalue weighted by Crippen LogP contribution is -2.29.